The van der Waals surface area contributed by atoms with Gasteiger partial charge in [0.1, 0.15) is 11.9 Å². The summed E-state index contributed by atoms with van der Waals surface area (Å²) in [6.07, 6.45) is 0. The van der Waals surface area contributed by atoms with Crippen molar-refractivity contribution >= 4 is 0 Å². The number of halogens is 1. The minimum absolute atomic E-state index is 0.0857. The van der Waals surface area contributed by atoms with E-state index in [4.69, 9.17) is 0 Å². The predicted molar refractivity (Wildman–Crippen MR) is 82.0 cm³/mol. The maximum atomic E-state index is 14.0. The standard InChI is InChI=1S/C19H12FN/c20-18-12-11-16(14-7-3-1-4-8-14)19(17(18)13-21)15-9-5-2-6-10-15/h1-12H. The van der Waals surface area contributed by atoms with Crippen molar-refractivity contribution in [3.8, 4) is 28.3 Å². The highest BCUT2D eigenvalue weighted by atomic mass is 19.1. The summed E-state index contributed by atoms with van der Waals surface area (Å²) in [4.78, 5) is 0. The Morgan fingerprint density at radius 2 is 1.29 bits per heavy atom. The Kier molecular flexibility index (Phi) is 3.49. The van der Waals surface area contributed by atoms with Crippen LogP contribution in [0, 0.1) is 17.1 Å². The van der Waals surface area contributed by atoms with E-state index in [1.807, 2.05) is 66.7 Å². The number of hydrogen-bond acceptors (Lipinski definition) is 1. The molecule has 0 fully saturated rings. The Morgan fingerprint density at radius 1 is 0.714 bits per heavy atom. The van der Waals surface area contributed by atoms with Crippen LogP contribution in [0.4, 0.5) is 4.39 Å². The van der Waals surface area contributed by atoms with Gasteiger partial charge in [0.15, 0.2) is 0 Å². The van der Waals surface area contributed by atoms with Gasteiger partial charge >= 0.3 is 0 Å². The normalized spacial score (nSPS) is 10.1. The first kappa shape index (κ1) is 13.1. The summed E-state index contributed by atoms with van der Waals surface area (Å²) >= 11 is 0. The van der Waals surface area contributed by atoms with Crippen molar-refractivity contribution in [1.82, 2.24) is 0 Å². The predicted octanol–water partition coefficient (Wildman–Crippen LogP) is 5.03. The molecule has 0 atom stereocenters. The second kappa shape index (κ2) is 5.60. The minimum Gasteiger partial charge on any atom is -0.206 e. The van der Waals surface area contributed by atoms with Crippen molar-refractivity contribution in [2.75, 3.05) is 0 Å². The lowest BCUT2D eigenvalue weighted by Crippen LogP contribution is -1.93. The van der Waals surface area contributed by atoms with Crippen LogP contribution in [0.2, 0.25) is 0 Å². The van der Waals surface area contributed by atoms with Gasteiger partial charge in [-0.05, 0) is 22.8 Å². The molecule has 0 aliphatic heterocycles. The largest absolute Gasteiger partial charge is 0.206 e. The average molecular weight is 273 g/mol. The molecule has 100 valence electrons. The average Bonchev–Trinajstić information content (AvgIpc) is 2.56. The number of nitriles is 1. The number of benzene rings is 3. The topological polar surface area (TPSA) is 23.8 Å². The quantitative estimate of drug-likeness (QED) is 0.642. The molecule has 3 aromatic rings. The van der Waals surface area contributed by atoms with Gasteiger partial charge in [0.2, 0.25) is 0 Å². The monoisotopic (exact) mass is 273 g/mol. The summed E-state index contributed by atoms with van der Waals surface area (Å²) in [5.74, 6) is -0.490. The van der Waals surface area contributed by atoms with Crippen LogP contribution < -0.4 is 0 Å². The highest BCUT2D eigenvalue weighted by Crippen LogP contribution is 2.35. The van der Waals surface area contributed by atoms with Gasteiger partial charge in [0.25, 0.3) is 0 Å². The van der Waals surface area contributed by atoms with Crippen molar-refractivity contribution in [2.24, 2.45) is 0 Å². The van der Waals surface area contributed by atoms with E-state index in [-0.39, 0.29) is 5.56 Å². The summed E-state index contributed by atoms with van der Waals surface area (Å²) in [5, 5.41) is 9.34. The molecule has 0 bridgehead atoms. The lowest BCUT2D eigenvalue weighted by molar-refractivity contribution is 0.624. The summed E-state index contributed by atoms with van der Waals surface area (Å²) in [6, 6.07) is 24.2. The van der Waals surface area contributed by atoms with Gasteiger partial charge in [0.05, 0.1) is 5.56 Å². The fourth-order valence-electron chi connectivity index (χ4n) is 2.45. The molecule has 0 N–H and O–H groups in total. The molecule has 0 amide bonds. The van der Waals surface area contributed by atoms with Gasteiger partial charge in [-0.1, -0.05) is 66.7 Å². The molecule has 1 nitrogen and oxygen atoms in total. The SMILES string of the molecule is N#Cc1c(F)ccc(-c2ccccc2)c1-c1ccccc1. The molecule has 0 aromatic heterocycles. The van der Waals surface area contributed by atoms with E-state index < -0.39 is 5.82 Å². The van der Waals surface area contributed by atoms with Crippen molar-refractivity contribution in [3.63, 3.8) is 0 Å². The first-order chi connectivity index (χ1) is 10.3. The van der Waals surface area contributed by atoms with Crippen LogP contribution in [-0.2, 0) is 0 Å². The van der Waals surface area contributed by atoms with Crippen LogP contribution in [0.15, 0.2) is 72.8 Å². The third-order valence-electron chi connectivity index (χ3n) is 3.41. The van der Waals surface area contributed by atoms with Crippen LogP contribution >= 0.6 is 0 Å². The van der Waals surface area contributed by atoms with E-state index in [2.05, 4.69) is 0 Å². The minimum atomic E-state index is -0.490. The Morgan fingerprint density at radius 3 is 1.86 bits per heavy atom. The first-order valence-electron chi connectivity index (χ1n) is 6.64. The number of hydrogen-bond donors (Lipinski definition) is 0. The molecule has 0 heterocycles. The highest BCUT2D eigenvalue weighted by Gasteiger charge is 2.16. The zero-order valence-electron chi connectivity index (χ0n) is 11.3. The van der Waals surface area contributed by atoms with Crippen molar-refractivity contribution in [3.05, 3.63) is 84.2 Å². The van der Waals surface area contributed by atoms with Gasteiger partial charge in [-0.15, -0.1) is 0 Å². The van der Waals surface area contributed by atoms with E-state index in [1.54, 1.807) is 6.07 Å². The molecule has 21 heavy (non-hydrogen) atoms. The van der Waals surface area contributed by atoms with E-state index in [1.165, 1.54) is 6.07 Å². The molecular formula is C19H12FN. The third-order valence-corrected chi connectivity index (χ3v) is 3.41. The molecule has 3 aromatic carbocycles. The maximum absolute atomic E-state index is 14.0. The molecule has 0 saturated carbocycles. The molecular weight excluding hydrogens is 261 g/mol. The van der Waals surface area contributed by atoms with Gasteiger partial charge < -0.3 is 0 Å². The molecule has 3 rings (SSSR count). The van der Waals surface area contributed by atoms with E-state index in [9.17, 15) is 9.65 Å². The molecule has 0 saturated heterocycles. The molecule has 0 aliphatic carbocycles. The highest BCUT2D eigenvalue weighted by molar-refractivity contribution is 5.87. The Labute approximate surface area is 122 Å². The number of nitrogens with zero attached hydrogens (tertiary/aromatic N) is 1. The van der Waals surface area contributed by atoms with Gasteiger partial charge in [-0.2, -0.15) is 5.26 Å². The summed E-state index contributed by atoms with van der Waals surface area (Å²) in [6.45, 7) is 0. The van der Waals surface area contributed by atoms with E-state index in [0.717, 1.165) is 16.7 Å². The van der Waals surface area contributed by atoms with Crippen molar-refractivity contribution in [1.29, 1.82) is 5.26 Å². The third kappa shape index (κ3) is 2.42. The van der Waals surface area contributed by atoms with Gasteiger partial charge in [-0.25, -0.2) is 4.39 Å². The van der Waals surface area contributed by atoms with Crippen molar-refractivity contribution < 1.29 is 4.39 Å². The lowest BCUT2D eigenvalue weighted by atomic mass is 9.90. The van der Waals surface area contributed by atoms with Gasteiger partial charge in [0, 0.05) is 5.56 Å². The van der Waals surface area contributed by atoms with Gasteiger partial charge in [-0.3, -0.25) is 0 Å². The smallest absolute Gasteiger partial charge is 0.141 e. The molecule has 0 unspecified atom stereocenters. The Bertz CT molecular complexity index is 802. The van der Waals surface area contributed by atoms with Crippen LogP contribution in [-0.4, -0.2) is 0 Å². The fraction of sp³-hybridized carbons (Fsp3) is 0. The van der Waals surface area contributed by atoms with Crippen LogP contribution in [0.5, 0.6) is 0 Å². The maximum Gasteiger partial charge on any atom is 0.141 e. The zero-order valence-corrected chi connectivity index (χ0v) is 11.3. The molecule has 0 spiro atoms. The summed E-state index contributed by atoms with van der Waals surface area (Å²) < 4.78 is 14.0. The summed E-state index contributed by atoms with van der Waals surface area (Å²) in [5.41, 5.74) is 3.40. The second-order valence-electron chi connectivity index (χ2n) is 4.69. The Balaban J connectivity index is 2.35. The number of rotatable bonds is 2. The zero-order chi connectivity index (χ0) is 14.7. The Hall–Kier alpha value is -2.92. The molecule has 2 heteroatoms. The van der Waals surface area contributed by atoms with Crippen LogP contribution in [0.3, 0.4) is 0 Å². The summed E-state index contributed by atoms with van der Waals surface area (Å²) in [7, 11) is 0. The van der Waals surface area contributed by atoms with Crippen LogP contribution in [0.1, 0.15) is 5.56 Å². The molecule has 0 aliphatic rings. The molecule has 0 radical (unpaired) electrons. The lowest BCUT2D eigenvalue weighted by Gasteiger charge is -2.12. The van der Waals surface area contributed by atoms with E-state index >= 15 is 0 Å². The second-order valence-corrected chi connectivity index (χ2v) is 4.69. The first-order valence-corrected chi connectivity index (χ1v) is 6.64. The fourth-order valence-corrected chi connectivity index (χ4v) is 2.45. The van der Waals surface area contributed by atoms with Crippen molar-refractivity contribution in [2.45, 2.75) is 0 Å². The van der Waals surface area contributed by atoms with Crippen LogP contribution in [0.25, 0.3) is 22.3 Å². The van der Waals surface area contributed by atoms with E-state index in [0.29, 0.717) is 5.56 Å².